The third-order valence-corrected chi connectivity index (χ3v) is 1.22. The van der Waals surface area contributed by atoms with Crippen LogP contribution in [0.2, 0.25) is 0 Å². The van der Waals surface area contributed by atoms with E-state index in [1.165, 1.54) is 0 Å². The molecule has 0 aliphatic carbocycles. The number of aliphatic imine (C=N–C) groups is 1. The summed E-state index contributed by atoms with van der Waals surface area (Å²) in [5.74, 6) is 0.814. The summed E-state index contributed by atoms with van der Waals surface area (Å²) in [4.78, 5) is 3.87. The molecule has 1 aromatic rings. The van der Waals surface area contributed by atoms with Crippen molar-refractivity contribution < 1.29 is 0 Å². The molecule has 0 spiro atoms. The van der Waals surface area contributed by atoms with Gasteiger partial charge in [-0.2, -0.15) is 5.10 Å². The normalized spacial score (nSPS) is 14.7. The molecule has 0 fully saturated rings. The van der Waals surface area contributed by atoms with E-state index >= 15 is 0 Å². The molecule has 2 rings (SSSR count). The Hall–Kier alpha value is -1.32. The highest BCUT2D eigenvalue weighted by molar-refractivity contribution is 5.63. The van der Waals surface area contributed by atoms with E-state index in [1.807, 2.05) is 0 Å². The van der Waals surface area contributed by atoms with Crippen molar-refractivity contribution in [1.82, 2.24) is 15.5 Å². The Labute approximate surface area is 52.0 Å². The lowest BCUT2D eigenvalue weighted by Crippen LogP contribution is -2.12. The van der Waals surface area contributed by atoms with Crippen LogP contribution in [0, 0.1) is 0 Å². The maximum atomic E-state index is 3.87. The molecule has 45 valence electrons. The van der Waals surface area contributed by atoms with Gasteiger partial charge in [-0.05, 0) is 0 Å². The second kappa shape index (κ2) is 1.58. The smallest absolute Gasteiger partial charge is 0.171 e. The number of fused-ring (bicyclic) bond motifs is 1. The standard InChI is InChI=1S/C5H5N4/c1-4-2-8-9-5(4)7-3-6-1/h2H,1H2,(H2,6,7,8,9). The number of hydrogen-bond acceptors (Lipinski definition) is 3. The Bertz CT molecular complexity index is 237. The molecular weight excluding hydrogens is 116 g/mol. The van der Waals surface area contributed by atoms with E-state index in [9.17, 15) is 0 Å². The van der Waals surface area contributed by atoms with Gasteiger partial charge >= 0.3 is 0 Å². The monoisotopic (exact) mass is 121 g/mol. The van der Waals surface area contributed by atoms with Crippen LogP contribution < -0.4 is 5.32 Å². The molecule has 0 bridgehead atoms. The fourth-order valence-electron chi connectivity index (χ4n) is 0.761. The van der Waals surface area contributed by atoms with Crippen LogP contribution in [0.4, 0.5) is 5.82 Å². The van der Waals surface area contributed by atoms with Gasteiger partial charge < -0.3 is 5.32 Å². The second-order valence-electron chi connectivity index (χ2n) is 1.82. The fraction of sp³-hybridized carbons (Fsp3) is 0.200. The van der Waals surface area contributed by atoms with Gasteiger partial charge in [-0.1, -0.05) is 0 Å². The molecule has 4 heteroatoms. The van der Waals surface area contributed by atoms with Gasteiger partial charge in [-0.3, -0.25) is 5.10 Å². The highest BCUT2D eigenvalue weighted by atomic mass is 15.2. The van der Waals surface area contributed by atoms with Gasteiger partial charge in [0.05, 0.1) is 6.20 Å². The minimum absolute atomic E-state index is 0.773. The molecule has 1 aromatic heterocycles. The average molecular weight is 121 g/mol. The summed E-state index contributed by atoms with van der Waals surface area (Å²) < 4.78 is 0. The Balaban J connectivity index is 2.53. The lowest BCUT2D eigenvalue weighted by Gasteiger charge is -2.01. The summed E-state index contributed by atoms with van der Waals surface area (Å²) in [7, 11) is 0. The Morgan fingerprint density at radius 3 is 3.56 bits per heavy atom. The zero-order valence-electron chi connectivity index (χ0n) is 4.68. The highest BCUT2D eigenvalue weighted by Crippen LogP contribution is 2.15. The van der Waals surface area contributed by atoms with E-state index in [1.54, 1.807) is 6.20 Å². The summed E-state index contributed by atoms with van der Waals surface area (Å²) in [5, 5.41) is 9.39. The van der Waals surface area contributed by atoms with E-state index in [4.69, 9.17) is 0 Å². The minimum atomic E-state index is 0.773. The Morgan fingerprint density at radius 2 is 2.67 bits per heavy atom. The SMILES string of the molecule is [C]1=Nc2[nH]ncc2CN1. The van der Waals surface area contributed by atoms with Gasteiger partial charge in [0.15, 0.2) is 12.2 Å². The molecule has 4 nitrogen and oxygen atoms in total. The maximum Gasteiger partial charge on any atom is 0.171 e. The van der Waals surface area contributed by atoms with E-state index in [-0.39, 0.29) is 0 Å². The molecular formula is C5H5N4. The van der Waals surface area contributed by atoms with Gasteiger partial charge in [-0.15, -0.1) is 0 Å². The zero-order valence-corrected chi connectivity index (χ0v) is 4.68. The van der Waals surface area contributed by atoms with Gasteiger partial charge in [0.2, 0.25) is 0 Å². The fourth-order valence-corrected chi connectivity index (χ4v) is 0.761. The first-order valence-corrected chi connectivity index (χ1v) is 2.67. The van der Waals surface area contributed by atoms with Gasteiger partial charge in [0.1, 0.15) is 0 Å². The number of rotatable bonds is 0. The first-order valence-electron chi connectivity index (χ1n) is 2.67. The van der Waals surface area contributed by atoms with Crippen molar-refractivity contribution >= 4 is 12.2 Å². The number of nitrogens with one attached hydrogen (secondary N) is 2. The van der Waals surface area contributed by atoms with Crippen LogP contribution >= 0.6 is 0 Å². The van der Waals surface area contributed by atoms with Gasteiger partial charge in [0, 0.05) is 12.1 Å². The summed E-state index contributed by atoms with van der Waals surface area (Å²) >= 11 is 0. The lowest BCUT2D eigenvalue weighted by atomic mass is 10.3. The molecule has 0 amide bonds. The van der Waals surface area contributed by atoms with Crippen molar-refractivity contribution in [3.8, 4) is 0 Å². The lowest BCUT2D eigenvalue weighted by molar-refractivity contribution is 0.913. The van der Waals surface area contributed by atoms with Gasteiger partial charge in [-0.25, -0.2) is 4.99 Å². The van der Waals surface area contributed by atoms with E-state index in [2.05, 4.69) is 26.8 Å². The van der Waals surface area contributed by atoms with Crippen LogP contribution in [-0.4, -0.2) is 16.5 Å². The Kier molecular flexibility index (Phi) is 0.798. The van der Waals surface area contributed by atoms with Gasteiger partial charge in [0.25, 0.3) is 0 Å². The molecule has 2 heterocycles. The molecule has 2 N–H and O–H groups in total. The molecule has 1 aliphatic heterocycles. The molecule has 0 aromatic carbocycles. The molecule has 1 radical (unpaired) electrons. The third kappa shape index (κ3) is 0.595. The Morgan fingerprint density at radius 1 is 1.67 bits per heavy atom. The van der Waals surface area contributed by atoms with E-state index < -0.39 is 0 Å². The van der Waals surface area contributed by atoms with Crippen LogP contribution in [0.25, 0.3) is 0 Å². The second-order valence-corrected chi connectivity index (χ2v) is 1.82. The van der Waals surface area contributed by atoms with Crippen LogP contribution in [0.3, 0.4) is 0 Å². The topological polar surface area (TPSA) is 53.1 Å². The number of aromatic amines is 1. The van der Waals surface area contributed by atoms with E-state index in [0.29, 0.717) is 0 Å². The molecule has 0 saturated carbocycles. The molecule has 1 aliphatic rings. The van der Waals surface area contributed by atoms with Crippen molar-refractivity contribution in [2.24, 2.45) is 4.99 Å². The molecule has 9 heavy (non-hydrogen) atoms. The summed E-state index contributed by atoms with van der Waals surface area (Å²) in [6.07, 6.45) is 4.39. The first-order chi connectivity index (χ1) is 4.47. The first kappa shape index (κ1) is 4.55. The van der Waals surface area contributed by atoms with Crippen LogP contribution in [-0.2, 0) is 6.54 Å². The summed E-state index contributed by atoms with van der Waals surface area (Å²) in [5.41, 5.74) is 1.09. The van der Waals surface area contributed by atoms with Crippen LogP contribution in [0.1, 0.15) is 5.56 Å². The quantitative estimate of drug-likeness (QED) is 0.509. The average Bonchev–Trinajstić information content (AvgIpc) is 2.33. The van der Waals surface area contributed by atoms with Crippen molar-refractivity contribution in [2.45, 2.75) is 6.54 Å². The minimum Gasteiger partial charge on any atom is -0.363 e. The predicted molar refractivity (Wildman–Crippen MR) is 32.5 cm³/mol. The summed E-state index contributed by atoms with van der Waals surface area (Å²) in [6, 6.07) is 0. The molecule has 0 unspecified atom stereocenters. The third-order valence-electron chi connectivity index (χ3n) is 1.22. The van der Waals surface area contributed by atoms with Crippen molar-refractivity contribution in [1.29, 1.82) is 0 Å². The van der Waals surface area contributed by atoms with Crippen molar-refractivity contribution in [3.63, 3.8) is 0 Å². The molecule has 0 saturated heterocycles. The van der Waals surface area contributed by atoms with Crippen molar-refractivity contribution in [3.05, 3.63) is 11.8 Å². The van der Waals surface area contributed by atoms with E-state index in [0.717, 1.165) is 17.9 Å². The predicted octanol–water partition coefficient (Wildman–Crippen LogP) is 0.0497. The van der Waals surface area contributed by atoms with Crippen molar-refractivity contribution in [2.75, 3.05) is 0 Å². The molecule has 0 atom stereocenters. The maximum absolute atomic E-state index is 3.87. The van der Waals surface area contributed by atoms with Crippen LogP contribution in [0.15, 0.2) is 11.2 Å². The summed E-state index contributed by atoms with van der Waals surface area (Å²) in [6.45, 7) is 0.773. The largest absolute Gasteiger partial charge is 0.363 e. The number of hydrogen-bond donors (Lipinski definition) is 2. The number of H-pyrrole nitrogens is 1. The number of aromatic nitrogens is 2. The highest BCUT2D eigenvalue weighted by Gasteiger charge is 2.04. The zero-order chi connectivity index (χ0) is 6.10. The number of nitrogens with zero attached hydrogens (tertiary/aromatic N) is 2. The van der Waals surface area contributed by atoms with Crippen LogP contribution in [0.5, 0.6) is 0 Å².